The molecule has 3 N–H and O–H groups in total. The molecule has 1 aromatic heterocycles. The van der Waals surface area contributed by atoms with Gasteiger partial charge in [-0.1, -0.05) is 12.8 Å². The Labute approximate surface area is 107 Å². The van der Waals surface area contributed by atoms with Gasteiger partial charge in [0.1, 0.15) is 5.75 Å². The summed E-state index contributed by atoms with van der Waals surface area (Å²) in [6.45, 7) is 2.11. The van der Waals surface area contributed by atoms with Crippen molar-refractivity contribution in [3.8, 4) is 5.75 Å². The van der Waals surface area contributed by atoms with Gasteiger partial charge in [0.2, 0.25) is 0 Å². The monoisotopic (exact) mass is 244 g/mol. The molecule has 0 unspecified atom stereocenters. The van der Waals surface area contributed by atoms with Crippen LogP contribution >= 0.6 is 0 Å². The van der Waals surface area contributed by atoms with Crippen molar-refractivity contribution in [1.82, 2.24) is 4.98 Å². The van der Waals surface area contributed by atoms with E-state index in [9.17, 15) is 0 Å². The highest BCUT2D eigenvalue weighted by Gasteiger charge is 2.33. The molecule has 0 saturated heterocycles. The van der Waals surface area contributed by atoms with Crippen molar-refractivity contribution in [2.45, 2.75) is 38.1 Å². The molecule has 3 nitrogen and oxygen atoms in total. The van der Waals surface area contributed by atoms with Crippen molar-refractivity contribution in [2.24, 2.45) is 5.73 Å². The number of methoxy groups -OCH3 is 1. The number of ether oxygens (including phenoxy) is 1. The number of aryl methyl sites for hydroxylation is 1. The second-order valence-corrected chi connectivity index (χ2v) is 5.38. The van der Waals surface area contributed by atoms with E-state index in [0.717, 1.165) is 24.1 Å². The van der Waals surface area contributed by atoms with E-state index >= 15 is 0 Å². The van der Waals surface area contributed by atoms with Gasteiger partial charge in [0.05, 0.1) is 7.11 Å². The van der Waals surface area contributed by atoms with Gasteiger partial charge >= 0.3 is 0 Å². The number of nitrogens with two attached hydrogens (primary N) is 1. The summed E-state index contributed by atoms with van der Waals surface area (Å²) in [4.78, 5) is 3.35. The molecule has 1 saturated carbocycles. The zero-order chi connectivity index (χ0) is 12.8. The molecule has 18 heavy (non-hydrogen) atoms. The van der Waals surface area contributed by atoms with E-state index in [1.165, 1.54) is 29.4 Å². The predicted molar refractivity (Wildman–Crippen MR) is 73.9 cm³/mol. The molecule has 0 aliphatic heterocycles. The van der Waals surface area contributed by atoms with Crippen molar-refractivity contribution in [3.63, 3.8) is 0 Å². The number of aromatic nitrogens is 1. The van der Waals surface area contributed by atoms with Crippen LogP contribution in [0.25, 0.3) is 10.9 Å². The van der Waals surface area contributed by atoms with Gasteiger partial charge in [-0.3, -0.25) is 0 Å². The average Bonchev–Trinajstić information content (AvgIpc) is 2.97. The minimum Gasteiger partial charge on any atom is -0.496 e. The molecular formula is C15H20N2O. The molecule has 0 spiro atoms. The average molecular weight is 244 g/mol. The fourth-order valence-electron chi connectivity index (χ4n) is 3.27. The second kappa shape index (κ2) is 4.02. The van der Waals surface area contributed by atoms with E-state index in [1.807, 2.05) is 6.07 Å². The molecule has 3 heteroatoms. The highest BCUT2D eigenvalue weighted by Crippen LogP contribution is 2.41. The van der Waals surface area contributed by atoms with Gasteiger partial charge in [-0.25, -0.2) is 0 Å². The van der Waals surface area contributed by atoms with Crippen molar-refractivity contribution >= 4 is 10.9 Å². The topological polar surface area (TPSA) is 51.0 Å². The summed E-state index contributed by atoms with van der Waals surface area (Å²) >= 11 is 0. The summed E-state index contributed by atoms with van der Waals surface area (Å²) in [7, 11) is 1.72. The first-order valence-electron chi connectivity index (χ1n) is 6.60. The third kappa shape index (κ3) is 1.54. The van der Waals surface area contributed by atoms with Crippen molar-refractivity contribution in [1.29, 1.82) is 0 Å². The number of fused-ring (bicyclic) bond motifs is 1. The number of hydrogen-bond donors (Lipinski definition) is 2. The van der Waals surface area contributed by atoms with Crippen LogP contribution in [0.15, 0.2) is 18.3 Å². The Morgan fingerprint density at radius 3 is 2.67 bits per heavy atom. The number of aromatic amines is 1. The van der Waals surface area contributed by atoms with E-state index in [2.05, 4.69) is 24.2 Å². The minimum atomic E-state index is -0.157. The molecule has 0 radical (unpaired) electrons. The highest BCUT2D eigenvalue weighted by molar-refractivity contribution is 5.89. The summed E-state index contributed by atoms with van der Waals surface area (Å²) < 4.78 is 5.42. The molecule has 0 bridgehead atoms. The van der Waals surface area contributed by atoms with Gasteiger partial charge in [-0.2, -0.15) is 0 Å². The SMILES string of the molecule is COc1ccc2[nH]cc(C3(N)CCCC3)c2c1C. The summed E-state index contributed by atoms with van der Waals surface area (Å²) in [5, 5.41) is 1.25. The molecule has 1 aliphatic rings. The molecular weight excluding hydrogens is 224 g/mol. The van der Waals surface area contributed by atoms with Crippen LogP contribution in [0.4, 0.5) is 0 Å². The zero-order valence-electron chi connectivity index (χ0n) is 11.0. The first kappa shape index (κ1) is 11.6. The molecule has 1 aliphatic carbocycles. The number of H-pyrrole nitrogens is 1. The molecule has 0 atom stereocenters. The lowest BCUT2D eigenvalue weighted by Gasteiger charge is -2.24. The summed E-state index contributed by atoms with van der Waals surface area (Å²) in [6, 6.07) is 4.08. The van der Waals surface area contributed by atoms with Crippen LogP contribution in [0.5, 0.6) is 5.75 Å². The van der Waals surface area contributed by atoms with Gasteiger partial charge < -0.3 is 15.5 Å². The minimum absolute atomic E-state index is 0.157. The fraction of sp³-hybridized carbons (Fsp3) is 0.467. The molecule has 1 fully saturated rings. The van der Waals surface area contributed by atoms with E-state index < -0.39 is 0 Å². The number of hydrogen-bond acceptors (Lipinski definition) is 2. The van der Waals surface area contributed by atoms with E-state index in [4.69, 9.17) is 10.5 Å². The van der Waals surface area contributed by atoms with Crippen LogP contribution in [-0.4, -0.2) is 12.1 Å². The van der Waals surface area contributed by atoms with Crippen molar-refractivity contribution in [2.75, 3.05) is 7.11 Å². The van der Waals surface area contributed by atoms with Crippen molar-refractivity contribution < 1.29 is 4.74 Å². The summed E-state index contributed by atoms with van der Waals surface area (Å²) in [5.74, 6) is 0.935. The normalized spacial score (nSPS) is 18.4. The Bertz CT molecular complexity index is 579. The lowest BCUT2D eigenvalue weighted by atomic mass is 9.88. The molecule has 96 valence electrons. The summed E-state index contributed by atoms with van der Waals surface area (Å²) in [6.07, 6.45) is 6.70. The van der Waals surface area contributed by atoms with E-state index in [-0.39, 0.29) is 5.54 Å². The van der Waals surface area contributed by atoms with Crippen LogP contribution in [0.2, 0.25) is 0 Å². The number of nitrogens with one attached hydrogen (secondary N) is 1. The van der Waals surface area contributed by atoms with Gasteiger partial charge in [0.15, 0.2) is 0 Å². The first-order chi connectivity index (χ1) is 8.65. The Hall–Kier alpha value is -1.48. The number of benzene rings is 1. The third-order valence-corrected chi connectivity index (χ3v) is 4.31. The maximum Gasteiger partial charge on any atom is 0.122 e. The molecule has 1 heterocycles. The van der Waals surface area contributed by atoms with Crippen LogP contribution < -0.4 is 10.5 Å². The van der Waals surface area contributed by atoms with Gasteiger partial charge in [0.25, 0.3) is 0 Å². The third-order valence-electron chi connectivity index (χ3n) is 4.31. The largest absolute Gasteiger partial charge is 0.496 e. The standard InChI is InChI=1S/C15H20N2O/c1-10-13(18-2)6-5-12-14(10)11(9-17-12)15(16)7-3-4-8-15/h5-6,9,17H,3-4,7-8,16H2,1-2H3. The zero-order valence-corrected chi connectivity index (χ0v) is 11.0. The van der Waals surface area contributed by atoms with Crippen LogP contribution in [0.1, 0.15) is 36.8 Å². The summed E-state index contributed by atoms with van der Waals surface area (Å²) in [5.41, 5.74) is 10.0. The smallest absolute Gasteiger partial charge is 0.122 e. The van der Waals surface area contributed by atoms with E-state index in [0.29, 0.717) is 0 Å². The number of rotatable bonds is 2. The lowest BCUT2D eigenvalue weighted by molar-refractivity contribution is 0.412. The highest BCUT2D eigenvalue weighted by atomic mass is 16.5. The molecule has 2 aromatic rings. The molecule has 3 rings (SSSR count). The Balaban J connectivity index is 2.24. The van der Waals surface area contributed by atoms with Gasteiger partial charge in [-0.15, -0.1) is 0 Å². The Morgan fingerprint density at radius 2 is 2.00 bits per heavy atom. The fourth-order valence-corrected chi connectivity index (χ4v) is 3.27. The molecule has 1 aromatic carbocycles. The second-order valence-electron chi connectivity index (χ2n) is 5.38. The quantitative estimate of drug-likeness (QED) is 0.852. The molecule has 0 amide bonds. The van der Waals surface area contributed by atoms with E-state index in [1.54, 1.807) is 7.11 Å². The lowest BCUT2D eigenvalue weighted by Crippen LogP contribution is -2.32. The Morgan fingerprint density at radius 1 is 1.28 bits per heavy atom. The van der Waals surface area contributed by atoms with Gasteiger partial charge in [0, 0.05) is 28.2 Å². The van der Waals surface area contributed by atoms with Crippen LogP contribution in [-0.2, 0) is 5.54 Å². The van der Waals surface area contributed by atoms with Crippen LogP contribution in [0.3, 0.4) is 0 Å². The van der Waals surface area contributed by atoms with Crippen LogP contribution in [0, 0.1) is 6.92 Å². The van der Waals surface area contributed by atoms with Gasteiger partial charge in [-0.05, 0) is 37.5 Å². The first-order valence-corrected chi connectivity index (χ1v) is 6.60. The van der Waals surface area contributed by atoms with Crippen molar-refractivity contribution in [3.05, 3.63) is 29.5 Å². The Kier molecular flexibility index (Phi) is 2.59. The maximum absolute atomic E-state index is 6.59. The predicted octanol–water partition coefficient (Wildman–Crippen LogP) is 3.21. The maximum atomic E-state index is 6.59.